The molecule has 50 heavy (non-hydrogen) atoms. The molecule has 0 spiro atoms. The quantitative estimate of drug-likeness (QED) is 0.184. The second kappa shape index (κ2) is 11.4. The molecular weight excluding hydrogens is 615 g/mol. The second-order valence-electron chi connectivity index (χ2n) is 11.0. The van der Waals surface area contributed by atoms with Gasteiger partial charge in [-0.1, -0.05) is 139 Å². The number of furan rings is 2. The molecule has 0 saturated carbocycles. The lowest BCUT2D eigenvalue weighted by molar-refractivity contribution is 0.668. The third-order valence-electron chi connectivity index (χ3n) is 8.07. The van der Waals surface area contributed by atoms with Gasteiger partial charge in [0.1, 0.15) is 22.3 Å². The van der Waals surface area contributed by atoms with Gasteiger partial charge in [-0.05, 0) is 40.9 Å². The molecule has 3 aromatic heterocycles. The lowest BCUT2D eigenvalue weighted by Crippen LogP contribution is -2.00. The largest absolute Gasteiger partial charge is 0.456 e. The molecule has 0 unspecified atom stereocenters. The molecule has 0 aliphatic rings. The molecule has 5 nitrogen and oxygen atoms in total. The van der Waals surface area contributed by atoms with E-state index in [0.717, 1.165) is 16.8 Å². The molecule has 0 N–H and O–H groups in total. The molecular formula is C45H27N3O2. The maximum atomic E-state index is 9.46. The highest BCUT2D eigenvalue weighted by Gasteiger charge is 2.19. The van der Waals surface area contributed by atoms with Crippen molar-refractivity contribution >= 4 is 43.9 Å². The Hall–Kier alpha value is -6.85. The Morgan fingerprint density at radius 1 is 0.400 bits per heavy atom. The van der Waals surface area contributed by atoms with E-state index in [1.54, 1.807) is 18.2 Å². The minimum Gasteiger partial charge on any atom is -0.456 e. The van der Waals surface area contributed by atoms with Crippen molar-refractivity contribution in [1.82, 2.24) is 15.0 Å². The SMILES string of the molecule is [2H]c1cc2c(oc3c([2H])cc([2H])c(-c4nc(-c5c([2H])c([2H])c([2H])c([2H])c5[2H])nc(-c5c([2H])c([2H])c(-c6c([2H])c([2H])c([2H])c([2H])c6[2H])c([2H])c5[2H])n4)c32)c([2H])c1-c1cccc2c1oc1ccccc12. The van der Waals surface area contributed by atoms with E-state index < -0.39 is 130 Å². The monoisotopic (exact) mass is 659 g/mol. The first-order chi connectivity index (χ1) is 32.2. The fourth-order valence-electron chi connectivity index (χ4n) is 5.83. The molecule has 0 radical (unpaired) electrons. The molecule has 3 heterocycles. The van der Waals surface area contributed by atoms with Gasteiger partial charge in [-0.3, -0.25) is 0 Å². The highest BCUT2D eigenvalue weighted by molar-refractivity contribution is 6.14. The molecule has 0 amide bonds. The van der Waals surface area contributed by atoms with Crippen molar-refractivity contribution in [3.05, 3.63) is 163 Å². The maximum absolute atomic E-state index is 9.46. The molecule has 0 aliphatic carbocycles. The van der Waals surface area contributed by atoms with Crippen LogP contribution in [0, 0.1) is 0 Å². The Kier molecular flexibility index (Phi) is 3.55. The van der Waals surface area contributed by atoms with E-state index in [4.69, 9.17) is 29.4 Å². The smallest absolute Gasteiger partial charge is 0.164 e. The van der Waals surface area contributed by atoms with Crippen molar-refractivity contribution in [3.63, 3.8) is 0 Å². The van der Waals surface area contributed by atoms with Crippen LogP contribution in [0.2, 0.25) is 0 Å². The third kappa shape index (κ3) is 4.67. The van der Waals surface area contributed by atoms with Gasteiger partial charge in [-0.2, -0.15) is 0 Å². The second-order valence-corrected chi connectivity index (χ2v) is 11.0. The fourth-order valence-corrected chi connectivity index (χ4v) is 5.83. The molecule has 0 bridgehead atoms. The van der Waals surface area contributed by atoms with Gasteiger partial charge in [-0.25, -0.2) is 15.0 Å². The lowest BCUT2D eigenvalue weighted by Gasteiger charge is -2.10. The molecule has 5 heteroatoms. The molecule has 10 rings (SSSR count). The van der Waals surface area contributed by atoms with Gasteiger partial charge in [0, 0.05) is 43.8 Å². The Labute approximate surface area is 312 Å². The third-order valence-corrected chi connectivity index (χ3v) is 8.07. The highest BCUT2D eigenvalue weighted by atomic mass is 16.3. The summed E-state index contributed by atoms with van der Waals surface area (Å²) < 4.78 is 170. The van der Waals surface area contributed by atoms with Crippen LogP contribution in [0.5, 0.6) is 0 Å². The van der Waals surface area contributed by atoms with Gasteiger partial charge in [0.25, 0.3) is 0 Å². The average Bonchev–Trinajstić information content (AvgIpc) is 3.89. The molecule has 10 aromatic rings. The van der Waals surface area contributed by atoms with Crippen molar-refractivity contribution in [2.75, 3.05) is 0 Å². The Bertz CT molecular complexity index is 3840. The van der Waals surface area contributed by atoms with E-state index in [9.17, 15) is 4.11 Å². The van der Waals surface area contributed by atoms with Crippen molar-refractivity contribution < 1.29 is 33.5 Å². The average molecular weight is 660 g/mol. The summed E-state index contributed by atoms with van der Waals surface area (Å²) in [7, 11) is 0. The summed E-state index contributed by atoms with van der Waals surface area (Å²) >= 11 is 0. The van der Waals surface area contributed by atoms with Gasteiger partial charge in [0.15, 0.2) is 17.5 Å². The van der Waals surface area contributed by atoms with E-state index >= 15 is 0 Å². The normalized spacial score (nSPS) is 16.6. The van der Waals surface area contributed by atoms with E-state index in [1.165, 1.54) is 6.07 Å². The molecule has 0 saturated heterocycles. The summed E-state index contributed by atoms with van der Waals surface area (Å²) in [6.07, 6.45) is 0. The van der Waals surface area contributed by atoms with Gasteiger partial charge in [0.05, 0.1) is 24.7 Å². The van der Waals surface area contributed by atoms with E-state index in [2.05, 4.69) is 15.0 Å². The summed E-state index contributed by atoms with van der Waals surface area (Å²) in [5, 5.41) is 1.57. The van der Waals surface area contributed by atoms with Crippen LogP contribution in [0.4, 0.5) is 0 Å². The van der Waals surface area contributed by atoms with Crippen molar-refractivity contribution in [1.29, 1.82) is 0 Å². The van der Waals surface area contributed by atoms with Crippen molar-refractivity contribution in [2.24, 2.45) is 0 Å². The number of nitrogens with zero attached hydrogens (tertiary/aromatic N) is 3. The van der Waals surface area contributed by atoms with Crippen LogP contribution in [0.25, 0.3) is 100 Å². The summed E-state index contributed by atoms with van der Waals surface area (Å²) in [5.74, 6) is -1.80. The molecule has 0 atom stereocenters. The van der Waals surface area contributed by atoms with Crippen molar-refractivity contribution in [3.8, 4) is 56.4 Å². The topological polar surface area (TPSA) is 65.0 Å². The zero-order valence-electron chi connectivity index (χ0n) is 43.4. The minimum atomic E-state index is -0.867. The first kappa shape index (κ1) is 15.6. The van der Waals surface area contributed by atoms with Crippen LogP contribution in [-0.2, 0) is 0 Å². The van der Waals surface area contributed by atoms with Gasteiger partial charge in [-0.15, -0.1) is 0 Å². The minimum absolute atomic E-state index is 0.0479. The number of fused-ring (bicyclic) bond motifs is 6. The predicted molar refractivity (Wildman–Crippen MR) is 202 cm³/mol. The first-order valence-corrected chi connectivity index (χ1v) is 15.1. The fraction of sp³-hybridized carbons (Fsp3) is 0. The highest BCUT2D eigenvalue weighted by Crippen LogP contribution is 2.40. The first-order valence-electron chi connectivity index (χ1n) is 24.1. The Balaban J connectivity index is 1.28. The van der Waals surface area contributed by atoms with Crippen LogP contribution in [0.3, 0.4) is 0 Å². The van der Waals surface area contributed by atoms with Crippen LogP contribution >= 0.6 is 0 Å². The molecule has 7 aromatic carbocycles. The summed E-state index contributed by atoms with van der Waals surface area (Å²) in [4.78, 5) is 13.4. The molecule has 0 fully saturated rings. The Morgan fingerprint density at radius 2 is 1.06 bits per heavy atom. The van der Waals surface area contributed by atoms with Crippen LogP contribution < -0.4 is 0 Å². The van der Waals surface area contributed by atoms with Gasteiger partial charge in [0.2, 0.25) is 0 Å². The summed E-state index contributed by atoms with van der Waals surface area (Å²) in [5.41, 5.74) is -1.46. The van der Waals surface area contributed by atoms with Crippen LogP contribution in [0.1, 0.15) is 24.7 Å². The zero-order chi connectivity index (χ0) is 48.7. The van der Waals surface area contributed by atoms with E-state index in [0.29, 0.717) is 16.7 Å². The van der Waals surface area contributed by atoms with Crippen LogP contribution in [-0.4, -0.2) is 15.0 Å². The molecule has 0 aliphatic heterocycles. The van der Waals surface area contributed by atoms with Crippen molar-refractivity contribution in [2.45, 2.75) is 0 Å². The number of hydrogen-bond donors (Lipinski definition) is 0. The van der Waals surface area contributed by atoms with Gasteiger partial charge < -0.3 is 8.83 Å². The van der Waals surface area contributed by atoms with Gasteiger partial charge >= 0.3 is 0 Å². The Morgan fingerprint density at radius 3 is 1.86 bits per heavy atom. The van der Waals surface area contributed by atoms with E-state index in [-0.39, 0.29) is 51.2 Å². The predicted octanol–water partition coefficient (Wildman–Crippen LogP) is 12.0. The number of hydrogen-bond acceptors (Lipinski definition) is 5. The summed E-state index contributed by atoms with van der Waals surface area (Å²) in [6.45, 7) is 0. The number of para-hydroxylation sites is 2. The summed E-state index contributed by atoms with van der Waals surface area (Å²) in [6, 6.07) is 2.70. The number of rotatable bonds is 5. The maximum Gasteiger partial charge on any atom is 0.164 e. The molecule has 234 valence electrons. The zero-order valence-corrected chi connectivity index (χ0v) is 25.4. The standard InChI is InChI=1S/C45H27N3O2/c1-3-11-28(12-4-1)29-21-23-31(24-22-29)44-46-43(30-13-5-2-6-14-30)47-45(48-44)37-18-10-20-39-41(37)36-26-25-32(27-40(36)49-39)33-16-9-17-35-34-15-7-8-19-38(34)50-42(33)35/h1-27H/i1D,2D,3D,4D,5D,6D,11D,12D,13D,14D,18D,20D,21D,22D,23D,24D,25D,27D. The van der Waals surface area contributed by atoms with Crippen LogP contribution in [0.15, 0.2) is 172 Å². The number of benzene rings is 7. The van der Waals surface area contributed by atoms with E-state index in [1.807, 2.05) is 24.3 Å². The lowest BCUT2D eigenvalue weighted by atomic mass is 9.99. The number of aromatic nitrogens is 3.